The van der Waals surface area contributed by atoms with Gasteiger partial charge in [-0.3, -0.25) is 0 Å². The minimum absolute atomic E-state index is 0.172. The number of aromatic carboxylic acids is 1. The van der Waals surface area contributed by atoms with Gasteiger partial charge in [-0.2, -0.15) is 0 Å². The average Bonchev–Trinajstić information content (AvgIpc) is 2.47. The average molecular weight is 279 g/mol. The first-order valence-corrected chi connectivity index (χ1v) is 7.33. The number of carboxylic acid groups (broad SMARTS) is 1. The fourth-order valence-corrected chi connectivity index (χ4v) is 2.08. The van der Waals surface area contributed by atoms with E-state index in [1.54, 1.807) is 24.3 Å². The van der Waals surface area contributed by atoms with Crippen LogP contribution in [0, 0.1) is 0 Å². The summed E-state index contributed by atoms with van der Waals surface area (Å²) in [5, 5.41) is 8.86. The molecular formula is C16H25NO3. The number of carboxylic acids is 1. The van der Waals surface area contributed by atoms with Gasteiger partial charge in [0.15, 0.2) is 0 Å². The Kier molecular flexibility index (Phi) is 7.09. The molecule has 0 radical (unpaired) electrons. The van der Waals surface area contributed by atoms with Gasteiger partial charge in [0.1, 0.15) is 5.75 Å². The molecule has 1 atom stereocenters. The van der Waals surface area contributed by atoms with Gasteiger partial charge in [-0.25, -0.2) is 4.79 Å². The van der Waals surface area contributed by atoms with Gasteiger partial charge in [-0.05, 0) is 50.2 Å². The number of hydrogen-bond acceptors (Lipinski definition) is 3. The molecule has 112 valence electrons. The van der Waals surface area contributed by atoms with Gasteiger partial charge in [-0.1, -0.05) is 20.8 Å². The van der Waals surface area contributed by atoms with Crippen LogP contribution < -0.4 is 4.74 Å². The van der Waals surface area contributed by atoms with Gasteiger partial charge < -0.3 is 14.7 Å². The third kappa shape index (κ3) is 5.21. The molecule has 1 aromatic carbocycles. The zero-order chi connectivity index (χ0) is 15.0. The van der Waals surface area contributed by atoms with Gasteiger partial charge in [0.25, 0.3) is 0 Å². The van der Waals surface area contributed by atoms with Crippen molar-refractivity contribution in [2.45, 2.75) is 39.7 Å². The number of nitrogens with zero attached hydrogens (tertiary/aromatic N) is 1. The molecule has 0 spiro atoms. The van der Waals surface area contributed by atoms with Crippen molar-refractivity contribution in [1.82, 2.24) is 4.90 Å². The molecule has 0 aromatic heterocycles. The van der Waals surface area contributed by atoms with Gasteiger partial charge in [0.05, 0.1) is 11.7 Å². The Morgan fingerprint density at radius 3 is 2.25 bits per heavy atom. The van der Waals surface area contributed by atoms with E-state index in [0.29, 0.717) is 0 Å². The molecule has 1 rings (SSSR count). The summed E-state index contributed by atoms with van der Waals surface area (Å²) in [6.07, 6.45) is 2.10. The highest BCUT2D eigenvalue weighted by molar-refractivity contribution is 5.87. The smallest absolute Gasteiger partial charge is 0.335 e. The predicted octanol–water partition coefficient (Wildman–Crippen LogP) is 3.27. The Morgan fingerprint density at radius 2 is 1.80 bits per heavy atom. The number of carbonyl (C=O) groups is 1. The van der Waals surface area contributed by atoms with E-state index in [-0.39, 0.29) is 11.7 Å². The van der Waals surface area contributed by atoms with E-state index in [2.05, 4.69) is 25.7 Å². The van der Waals surface area contributed by atoms with E-state index in [1.807, 2.05) is 0 Å². The third-order valence-corrected chi connectivity index (χ3v) is 3.52. The molecule has 20 heavy (non-hydrogen) atoms. The quantitative estimate of drug-likeness (QED) is 0.753. The second kappa shape index (κ2) is 8.59. The van der Waals surface area contributed by atoms with E-state index in [0.717, 1.165) is 38.2 Å². The van der Waals surface area contributed by atoms with Crippen molar-refractivity contribution >= 4 is 5.97 Å². The number of benzene rings is 1. The molecule has 4 heteroatoms. The normalized spacial score (nSPS) is 12.4. The van der Waals surface area contributed by atoms with Crippen LogP contribution >= 0.6 is 0 Å². The van der Waals surface area contributed by atoms with Crippen molar-refractivity contribution in [1.29, 1.82) is 0 Å². The highest BCUT2D eigenvalue weighted by Crippen LogP contribution is 2.16. The minimum atomic E-state index is -0.912. The van der Waals surface area contributed by atoms with Crippen LogP contribution in [0.25, 0.3) is 0 Å². The first-order valence-electron chi connectivity index (χ1n) is 7.33. The molecular weight excluding hydrogens is 254 g/mol. The van der Waals surface area contributed by atoms with Crippen LogP contribution in [0.2, 0.25) is 0 Å². The lowest BCUT2D eigenvalue weighted by molar-refractivity contribution is 0.0697. The Labute approximate surface area is 121 Å². The summed E-state index contributed by atoms with van der Waals surface area (Å²) in [5.41, 5.74) is 0.286. The summed E-state index contributed by atoms with van der Waals surface area (Å²) >= 11 is 0. The number of rotatable bonds is 9. The van der Waals surface area contributed by atoms with Crippen molar-refractivity contribution < 1.29 is 14.6 Å². The molecule has 1 N–H and O–H groups in total. The molecule has 0 fully saturated rings. The predicted molar refractivity (Wildman–Crippen MR) is 80.5 cm³/mol. The van der Waals surface area contributed by atoms with Crippen LogP contribution in [0.3, 0.4) is 0 Å². The lowest BCUT2D eigenvalue weighted by atomic mass is 10.2. The van der Waals surface area contributed by atoms with Crippen molar-refractivity contribution in [2.75, 3.05) is 19.6 Å². The van der Waals surface area contributed by atoms with Gasteiger partial charge in [0.2, 0.25) is 0 Å². The number of ether oxygens (including phenoxy) is 1. The molecule has 0 bridgehead atoms. The van der Waals surface area contributed by atoms with Crippen LogP contribution in [0.1, 0.15) is 44.0 Å². The van der Waals surface area contributed by atoms with E-state index >= 15 is 0 Å². The summed E-state index contributed by atoms with van der Waals surface area (Å²) in [4.78, 5) is 13.2. The molecule has 0 aliphatic heterocycles. The van der Waals surface area contributed by atoms with Crippen molar-refractivity contribution in [3.05, 3.63) is 29.8 Å². The van der Waals surface area contributed by atoms with Crippen LogP contribution in [-0.2, 0) is 0 Å². The summed E-state index contributed by atoms with van der Waals surface area (Å²) < 4.78 is 5.92. The fraction of sp³-hybridized carbons (Fsp3) is 0.562. The maximum Gasteiger partial charge on any atom is 0.335 e. The van der Waals surface area contributed by atoms with Crippen LogP contribution in [0.5, 0.6) is 5.75 Å². The third-order valence-electron chi connectivity index (χ3n) is 3.52. The van der Waals surface area contributed by atoms with Crippen LogP contribution in [0.15, 0.2) is 24.3 Å². The Morgan fingerprint density at radius 1 is 1.20 bits per heavy atom. The Balaban J connectivity index is 2.53. The van der Waals surface area contributed by atoms with Crippen LogP contribution in [0.4, 0.5) is 0 Å². The largest absolute Gasteiger partial charge is 0.490 e. The molecule has 1 aromatic rings. The van der Waals surface area contributed by atoms with Crippen molar-refractivity contribution in [3.63, 3.8) is 0 Å². The molecule has 1 unspecified atom stereocenters. The zero-order valence-corrected chi connectivity index (χ0v) is 12.6. The fourth-order valence-electron chi connectivity index (χ4n) is 2.08. The van der Waals surface area contributed by atoms with Crippen molar-refractivity contribution in [3.8, 4) is 5.75 Å². The second-order valence-electron chi connectivity index (χ2n) is 4.79. The van der Waals surface area contributed by atoms with Gasteiger partial charge in [0, 0.05) is 6.54 Å². The molecule has 0 saturated heterocycles. The summed E-state index contributed by atoms with van der Waals surface area (Å²) in [7, 11) is 0. The molecule has 0 amide bonds. The van der Waals surface area contributed by atoms with E-state index < -0.39 is 5.97 Å². The lowest BCUT2D eigenvalue weighted by Crippen LogP contribution is -2.28. The maximum atomic E-state index is 10.8. The summed E-state index contributed by atoms with van der Waals surface area (Å²) in [6.45, 7) is 9.57. The molecule has 0 aliphatic rings. The van der Waals surface area contributed by atoms with Crippen LogP contribution in [-0.4, -0.2) is 41.7 Å². The first kappa shape index (κ1) is 16.5. The van der Waals surface area contributed by atoms with E-state index in [4.69, 9.17) is 9.84 Å². The standard InChI is InChI=1S/C16H25NO3/c1-4-14(11-12-17(5-2)6-3)20-15-9-7-13(8-10-15)16(18)19/h7-10,14H,4-6,11-12H2,1-3H3,(H,18,19). The molecule has 0 saturated carbocycles. The molecule has 0 heterocycles. The maximum absolute atomic E-state index is 10.8. The van der Waals surface area contributed by atoms with Gasteiger partial charge >= 0.3 is 5.97 Å². The lowest BCUT2D eigenvalue weighted by Gasteiger charge is -2.23. The van der Waals surface area contributed by atoms with E-state index in [1.165, 1.54) is 0 Å². The highest BCUT2D eigenvalue weighted by Gasteiger charge is 2.11. The topological polar surface area (TPSA) is 49.8 Å². The Hall–Kier alpha value is -1.55. The first-order chi connectivity index (χ1) is 9.60. The SMILES string of the molecule is CCC(CCN(CC)CC)Oc1ccc(C(=O)O)cc1. The summed E-state index contributed by atoms with van der Waals surface area (Å²) in [6, 6.07) is 6.61. The molecule has 4 nitrogen and oxygen atoms in total. The number of hydrogen-bond donors (Lipinski definition) is 1. The monoisotopic (exact) mass is 279 g/mol. The van der Waals surface area contributed by atoms with E-state index in [9.17, 15) is 4.79 Å². The Bertz CT molecular complexity index is 399. The minimum Gasteiger partial charge on any atom is -0.490 e. The second-order valence-corrected chi connectivity index (χ2v) is 4.79. The zero-order valence-electron chi connectivity index (χ0n) is 12.6. The molecule has 0 aliphatic carbocycles. The van der Waals surface area contributed by atoms with Crippen molar-refractivity contribution in [2.24, 2.45) is 0 Å². The highest BCUT2D eigenvalue weighted by atomic mass is 16.5. The van der Waals surface area contributed by atoms with Gasteiger partial charge in [-0.15, -0.1) is 0 Å². The summed E-state index contributed by atoms with van der Waals surface area (Å²) in [5.74, 6) is -0.175.